The van der Waals surface area contributed by atoms with Crippen LogP contribution in [0.25, 0.3) is 0 Å². The van der Waals surface area contributed by atoms with E-state index < -0.39 is 26.8 Å². The van der Waals surface area contributed by atoms with Gasteiger partial charge >= 0.3 is 0 Å². The Morgan fingerprint density at radius 3 is 2.04 bits per heavy atom. The van der Waals surface area contributed by atoms with Crippen LogP contribution in [-0.2, 0) is 10.0 Å². The maximum atomic E-state index is 12.7. The third kappa shape index (κ3) is 4.65. The van der Waals surface area contributed by atoms with Gasteiger partial charge in [0.25, 0.3) is 15.9 Å². The zero-order valence-corrected chi connectivity index (χ0v) is 15.3. The van der Waals surface area contributed by atoms with Gasteiger partial charge in [-0.2, -0.15) is 0 Å². The molecule has 0 radical (unpaired) electrons. The molecule has 0 aliphatic rings. The number of carbonyl (C=O) groups is 1. The Morgan fingerprint density at radius 2 is 1.46 bits per heavy atom. The summed E-state index contributed by atoms with van der Waals surface area (Å²) in [5, 5.41) is 22.7. The first kappa shape index (κ1) is 19.4. The first-order valence-corrected chi connectivity index (χ1v) is 9.59. The van der Waals surface area contributed by atoms with Crippen molar-refractivity contribution in [1.82, 2.24) is 0 Å². The summed E-state index contributed by atoms with van der Waals surface area (Å²) in [5.74, 6) is -0.633. The molecule has 9 heteroatoms. The Morgan fingerprint density at radius 1 is 0.893 bits per heavy atom. The molecule has 0 aliphatic carbocycles. The summed E-state index contributed by atoms with van der Waals surface area (Å²) in [6, 6.07) is 19.8. The van der Waals surface area contributed by atoms with E-state index in [1.807, 2.05) is 0 Å². The molecule has 0 unspecified atom stereocenters. The Labute approximate surface area is 161 Å². The largest absolute Gasteiger partial charge is 0.733 e. The van der Waals surface area contributed by atoms with E-state index in [2.05, 4.69) is 10.0 Å². The molecule has 3 aromatic rings. The number of para-hydroxylation sites is 2. The van der Waals surface area contributed by atoms with E-state index in [1.54, 1.807) is 60.7 Å². The monoisotopic (exact) mass is 398 g/mol. The predicted octanol–water partition coefficient (Wildman–Crippen LogP) is 3.43. The van der Waals surface area contributed by atoms with Crippen molar-refractivity contribution in [3.8, 4) is 0 Å². The quantitative estimate of drug-likeness (QED) is 0.547. The maximum Gasteiger partial charge on any atom is 0.261 e. The zero-order chi connectivity index (χ0) is 20.1. The topological polar surface area (TPSA) is 122 Å². The van der Waals surface area contributed by atoms with Crippen LogP contribution >= 0.6 is 0 Å². The van der Waals surface area contributed by atoms with Gasteiger partial charge in [-0.1, -0.05) is 36.4 Å². The lowest BCUT2D eigenvalue weighted by Gasteiger charge is -2.23. The fourth-order valence-electron chi connectivity index (χ4n) is 2.43. The van der Waals surface area contributed by atoms with E-state index in [4.69, 9.17) is 0 Å². The van der Waals surface area contributed by atoms with Crippen molar-refractivity contribution >= 4 is 33.0 Å². The molecule has 3 N–H and O–H groups in total. The van der Waals surface area contributed by atoms with Gasteiger partial charge in [-0.05, 0) is 42.5 Å². The Hall–Kier alpha value is -3.40. The minimum absolute atomic E-state index is 0.107. The molecule has 0 bridgehead atoms. The van der Waals surface area contributed by atoms with Crippen LogP contribution in [0.1, 0.15) is 10.4 Å². The van der Waals surface area contributed by atoms with Gasteiger partial charge in [-0.15, -0.1) is 0 Å². The fraction of sp³-hybridized carbons (Fsp3) is 0. The van der Waals surface area contributed by atoms with Crippen molar-refractivity contribution in [1.29, 1.82) is 0 Å². The SMILES string of the molecule is O=C(Nc1ccccc1)c1cc(N([O-])O)cc(S(=O)(=O)Nc2ccccc2)c1. The van der Waals surface area contributed by atoms with Gasteiger partial charge in [0.2, 0.25) is 0 Å². The van der Waals surface area contributed by atoms with Crippen molar-refractivity contribution < 1.29 is 18.4 Å². The summed E-state index contributed by atoms with van der Waals surface area (Å²) in [6.07, 6.45) is 0. The number of anilines is 3. The van der Waals surface area contributed by atoms with Crippen LogP contribution in [0.15, 0.2) is 83.8 Å². The molecular formula is C19H16N3O5S-. The van der Waals surface area contributed by atoms with Gasteiger partial charge in [-0.3, -0.25) is 14.7 Å². The highest BCUT2D eigenvalue weighted by Crippen LogP contribution is 2.24. The molecule has 0 saturated heterocycles. The van der Waals surface area contributed by atoms with Crippen molar-refractivity contribution in [2.45, 2.75) is 4.90 Å². The smallest absolute Gasteiger partial charge is 0.261 e. The van der Waals surface area contributed by atoms with E-state index in [1.165, 1.54) is 0 Å². The summed E-state index contributed by atoms with van der Waals surface area (Å²) in [4.78, 5) is 12.2. The third-order valence-corrected chi connectivity index (χ3v) is 5.10. The Bertz CT molecular complexity index is 1070. The molecule has 3 aromatic carbocycles. The number of carbonyl (C=O) groups excluding carboxylic acids is 1. The molecule has 8 nitrogen and oxygen atoms in total. The minimum atomic E-state index is -4.10. The molecule has 0 aromatic heterocycles. The first-order chi connectivity index (χ1) is 13.3. The van der Waals surface area contributed by atoms with E-state index >= 15 is 0 Å². The Kier molecular flexibility index (Phi) is 5.59. The summed E-state index contributed by atoms with van der Waals surface area (Å²) < 4.78 is 27.7. The molecule has 144 valence electrons. The van der Waals surface area contributed by atoms with Crippen molar-refractivity contribution in [3.63, 3.8) is 0 Å². The number of hydrogen-bond acceptors (Lipinski definition) is 6. The van der Waals surface area contributed by atoms with Gasteiger partial charge in [0.15, 0.2) is 0 Å². The second kappa shape index (κ2) is 8.09. The molecule has 0 fully saturated rings. The second-order valence-corrected chi connectivity index (χ2v) is 7.46. The zero-order valence-electron chi connectivity index (χ0n) is 14.4. The summed E-state index contributed by atoms with van der Waals surface area (Å²) in [7, 11) is -4.10. The lowest BCUT2D eigenvalue weighted by molar-refractivity contribution is 0.102. The van der Waals surface area contributed by atoms with E-state index in [0.717, 1.165) is 18.2 Å². The molecule has 0 spiro atoms. The number of rotatable bonds is 6. The normalized spacial score (nSPS) is 10.9. The van der Waals surface area contributed by atoms with Crippen LogP contribution in [0.5, 0.6) is 0 Å². The fourth-order valence-corrected chi connectivity index (χ4v) is 3.55. The predicted molar refractivity (Wildman–Crippen MR) is 106 cm³/mol. The summed E-state index contributed by atoms with van der Waals surface area (Å²) in [5.41, 5.74) is 0.303. The average Bonchev–Trinajstić information content (AvgIpc) is 2.69. The van der Waals surface area contributed by atoms with Crippen LogP contribution in [0.3, 0.4) is 0 Å². The van der Waals surface area contributed by atoms with Gasteiger partial charge in [-0.25, -0.2) is 8.42 Å². The van der Waals surface area contributed by atoms with Crippen LogP contribution in [0, 0.1) is 5.21 Å². The number of benzene rings is 3. The lowest BCUT2D eigenvalue weighted by Crippen LogP contribution is -2.18. The summed E-state index contributed by atoms with van der Waals surface area (Å²) >= 11 is 0. The maximum absolute atomic E-state index is 12.7. The molecule has 0 aliphatic heterocycles. The molecule has 28 heavy (non-hydrogen) atoms. The molecule has 0 saturated carbocycles. The van der Waals surface area contributed by atoms with Crippen molar-refractivity contribution in [2.75, 3.05) is 15.3 Å². The molecule has 0 atom stereocenters. The summed E-state index contributed by atoms with van der Waals surface area (Å²) in [6.45, 7) is 0. The highest BCUT2D eigenvalue weighted by Gasteiger charge is 2.19. The lowest BCUT2D eigenvalue weighted by atomic mass is 10.2. The van der Waals surface area contributed by atoms with Crippen LogP contribution in [0.2, 0.25) is 0 Å². The van der Waals surface area contributed by atoms with Crippen molar-refractivity contribution in [2.24, 2.45) is 0 Å². The van der Waals surface area contributed by atoms with Crippen LogP contribution in [0.4, 0.5) is 17.1 Å². The van der Waals surface area contributed by atoms with Gasteiger partial charge in [0.1, 0.15) is 0 Å². The average molecular weight is 398 g/mol. The molecule has 1 amide bonds. The van der Waals surface area contributed by atoms with Crippen molar-refractivity contribution in [3.05, 3.63) is 89.6 Å². The minimum Gasteiger partial charge on any atom is -0.733 e. The first-order valence-electron chi connectivity index (χ1n) is 8.11. The highest BCUT2D eigenvalue weighted by atomic mass is 32.2. The molecular weight excluding hydrogens is 382 g/mol. The highest BCUT2D eigenvalue weighted by molar-refractivity contribution is 7.92. The third-order valence-electron chi connectivity index (χ3n) is 3.74. The molecule has 0 heterocycles. The second-order valence-electron chi connectivity index (χ2n) is 5.78. The number of nitrogens with zero attached hydrogens (tertiary/aromatic N) is 1. The van der Waals surface area contributed by atoms with E-state index in [9.17, 15) is 23.6 Å². The number of amides is 1. The standard InChI is InChI=1S/C19H16N3O5S/c23-19(20-15-7-3-1-4-8-15)14-11-17(22(24)25)13-18(12-14)28(26,27)21-16-9-5-2-6-10-16/h1-13,21,24H,(H,20,23)/q-1. The number of sulfonamides is 1. The number of hydrogen-bond donors (Lipinski definition) is 3. The molecule has 3 rings (SSSR count). The van der Waals surface area contributed by atoms with E-state index in [-0.39, 0.29) is 10.5 Å². The van der Waals surface area contributed by atoms with Gasteiger partial charge in [0.05, 0.1) is 10.6 Å². The van der Waals surface area contributed by atoms with Gasteiger partial charge < -0.3 is 15.8 Å². The number of nitrogens with one attached hydrogen (secondary N) is 2. The van der Waals surface area contributed by atoms with Gasteiger partial charge in [0, 0.05) is 16.9 Å². The van der Waals surface area contributed by atoms with Crippen LogP contribution < -0.4 is 15.3 Å². The van der Waals surface area contributed by atoms with E-state index in [0.29, 0.717) is 11.4 Å². The van der Waals surface area contributed by atoms with Crippen LogP contribution in [-0.4, -0.2) is 19.5 Å². The Balaban J connectivity index is 1.96.